The second-order valence-electron chi connectivity index (χ2n) is 2.90. The predicted molar refractivity (Wildman–Crippen MR) is 52.5 cm³/mol. The average Bonchev–Trinajstić information content (AvgIpc) is 1.99. The van der Waals surface area contributed by atoms with Crippen molar-refractivity contribution < 1.29 is 0 Å². The molecule has 0 aromatic carbocycles. The maximum absolute atomic E-state index is 3.79. The summed E-state index contributed by atoms with van der Waals surface area (Å²) in [5, 5.41) is 0. The molecule has 0 atom stereocenters. The average molecular weight is 150 g/mol. The van der Waals surface area contributed by atoms with Crippen molar-refractivity contribution in [2.24, 2.45) is 5.92 Å². The van der Waals surface area contributed by atoms with E-state index in [0.717, 1.165) is 6.42 Å². The molecular formula is C11H18. The summed E-state index contributed by atoms with van der Waals surface area (Å²) in [6, 6.07) is 0. The van der Waals surface area contributed by atoms with Crippen molar-refractivity contribution in [1.29, 1.82) is 0 Å². The van der Waals surface area contributed by atoms with Crippen LogP contribution in [0.25, 0.3) is 0 Å². The van der Waals surface area contributed by atoms with E-state index < -0.39 is 0 Å². The van der Waals surface area contributed by atoms with Gasteiger partial charge in [0.15, 0.2) is 0 Å². The zero-order valence-electron chi connectivity index (χ0n) is 7.85. The third-order valence-corrected chi connectivity index (χ3v) is 1.84. The van der Waals surface area contributed by atoms with E-state index in [1.165, 1.54) is 11.1 Å². The normalized spacial score (nSPS) is 12.7. The number of allylic oxidation sites excluding steroid dienone is 4. The van der Waals surface area contributed by atoms with Gasteiger partial charge in [-0.15, -0.1) is 0 Å². The molecule has 0 aliphatic carbocycles. The fraction of sp³-hybridized carbons (Fsp3) is 0.455. The summed E-state index contributed by atoms with van der Waals surface area (Å²) in [6.07, 6.45) is 4.91. The highest BCUT2D eigenvalue weighted by Gasteiger charge is 2.02. The molecule has 0 saturated heterocycles. The van der Waals surface area contributed by atoms with Gasteiger partial charge in [-0.1, -0.05) is 46.1 Å². The lowest BCUT2D eigenvalue weighted by Gasteiger charge is -2.10. The smallest absolute Gasteiger partial charge is 0.0216 e. The fourth-order valence-electron chi connectivity index (χ4n) is 1.20. The van der Waals surface area contributed by atoms with Gasteiger partial charge in [0.05, 0.1) is 0 Å². The monoisotopic (exact) mass is 150 g/mol. The SMILES string of the molecule is C=C/C(CC)=C(/C=C)C(C)C. The molecule has 0 heteroatoms. The summed E-state index contributed by atoms with van der Waals surface area (Å²) in [7, 11) is 0. The molecule has 0 N–H and O–H groups in total. The molecule has 0 heterocycles. The lowest BCUT2D eigenvalue weighted by molar-refractivity contribution is 0.777. The van der Waals surface area contributed by atoms with Gasteiger partial charge in [0.25, 0.3) is 0 Å². The Labute approximate surface area is 70.3 Å². The summed E-state index contributed by atoms with van der Waals surface area (Å²) in [4.78, 5) is 0. The third kappa shape index (κ3) is 2.75. The first-order valence-corrected chi connectivity index (χ1v) is 4.15. The van der Waals surface area contributed by atoms with Crippen LogP contribution < -0.4 is 0 Å². The Morgan fingerprint density at radius 3 is 1.91 bits per heavy atom. The highest BCUT2D eigenvalue weighted by Crippen LogP contribution is 2.18. The van der Waals surface area contributed by atoms with Gasteiger partial charge in [-0.3, -0.25) is 0 Å². The van der Waals surface area contributed by atoms with E-state index in [2.05, 4.69) is 33.9 Å². The van der Waals surface area contributed by atoms with Crippen molar-refractivity contribution in [1.82, 2.24) is 0 Å². The van der Waals surface area contributed by atoms with Crippen molar-refractivity contribution in [3.8, 4) is 0 Å². The van der Waals surface area contributed by atoms with E-state index >= 15 is 0 Å². The fourth-order valence-corrected chi connectivity index (χ4v) is 1.20. The topological polar surface area (TPSA) is 0 Å². The Morgan fingerprint density at radius 2 is 1.82 bits per heavy atom. The molecule has 0 aliphatic heterocycles. The Kier molecular flexibility index (Phi) is 4.60. The largest absolute Gasteiger partial charge is 0.0988 e. The van der Waals surface area contributed by atoms with Crippen molar-refractivity contribution in [3.63, 3.8) is 0 Å². The predicted octanol–water partition coefficient (Wildman–Crippen LogP) is 3.72. The van der Waals surface area contributed by atoms with Crippen LogP contribution >= 0.6 is 0 Å². The van der Waals surface area contributed by atoms with Gasteiger partial charge in [-0.2, -0.15) is 0 Å². The van der Waals surface area contributed by atoms with E-state index in [1.807, 2.05) is 12.2 Å². The Morgan fingerprint density at radius 1 is 1.27 bits per heavy atom. The Bertz CT molecular complexity index is 170. The molecular weight excluding hydrogens is 132 g/mol. The second kappa shape index (κ2) is 4.95. The van der Waals surface area contributed by atoms with Crippen LogP contribution in [0.1, 0.15) is 27.2 Å². The van der Waals surface area contributed by atoms with Gasteiger partial charge in [-0.25, -0.2) is 0 Å². The van der Waals surface area contributed by atoms with Gasteiger partial charge in [0, 0.05) is 0 Å². The van der Waals surface area contributed by atoms with Gasteiger partial charge in [0.1, 0.15) is 0 Å². The zero-order valence-corrected chi connectivity index (χ0v) is 7.85. The van der Waals surface area contributed by atoms with Gasteiger partial charge in [0.2, 0.25) is 0 Å². The van der Waals surface area contributed by atoms with Gasteiger partial charge >= 0.3 is 0 Å². The molecule has 0 nitrogen and oxygen atoms in total. The molecule has 11 heavy (non-hydrogen) atoms. The minimum Gasteiger partial charge on any atom is -0.0988 e. The number of rotatable bonds is 4. The first kappa shape index (κ1) is 10.2. The van der Waals surface area contributed by atoms with Crippen molar-refractivity contribution in [3.05, 3.63) is 36.5 Å². The molecule has 0 spiro atoms. The van der Waals surface area contributed by atoms with Crippen LogP contribution in [0, 0.1) is 5.92 Å². The highest BCUT2D eigenvalue weighted by molar-refractivity contribution is 5.32. The Hall–Kier alpha value is -0.780. The summed E-state index contributed by atoms with van der Waals surface area (Å²) >= 11 is 0. The first-order valence-electron chi connectivity index (χ1n) is 4.15. The minimum atomic E-state index is 0.556. The standard InChI is InChI=1S/C11H18/c1-6-10(7-2)11(8-3)9(4)5/h6,8-9H,1,3,7H2,2,4-5H3/b11-10+. The van der Waals surface area contributed by atoms with Crippen LogP contribution in [-0.4, -0.2) is 0 Å². The molecule has 0 fully saturated rings. The van der Waals surface area contributed by atoms with E-state index in [4.69, 9.17) is 0 Å². The maximum Gasteiger partial charge on any atom is -0.0216 e. The second-order valence-corrected chi connectivity index (χ2v) is 2.90. The van der Waals surface area contributed by atoms with Crippen LogP contribution in [0.15, 0.2) is 36.5 Å². The number of hydrogen-bond donors (Lipinski definition) is 0. The van der Waals surface area contributed by atoms with Crippen LogP contribution in [0.2, 0.25) is 0 Å². The summed E-state index contributed by atoms with van der Waals surface area (Å²) < 4.78 is 0. The molecule has 0 saturated carbocycles. The lowest BCUT2D eigenvalue weighted by Crippen LogP contribution is -1.94. The van der Waals surface area contributed by atoms with E-state index in [1.54, 1.807) is 0 Å². The molecule has 0 bridgehead atoms. The molecule has 0 aromatic heterocycles. The molecule has 0 rings (SSSR count). The van der Waals surface area contributed by atoms with Gasteiger partial charge in [-0.05, 0) is 23.5 Å². The van der Waals surface area contributed by atoms with Crippen LogP contribution in [0.4, 0.5) is 0 Å². The highest BCUT2D eigenvalue weighted by atomic mass is 14.1. The van der Waals surface area contributed by atoms with Crippen molar-refractivity contribution in [2.45, 2.75) is 27.2 Å². The summed E-state index contributed by atoms with van der Waals surface area (Å²) in [6.45, 7) is 14.1. The van der Waals surface area contributed by atoms with E-state index in [-0.39, 0.29) is 0 Å². The maximum atomic E-state index is 3.79. The molecule has 0 aliphatic rings. The van der Waals surface area contributed by atoms with Crippen LogP contribution in [-0.2, 0) is 0 Å². The molecule has 0 unspecified atom stereocenters. The van der Waals surface area contributed by atoms with E-state index in [0.29, 0.717) is 5.92 Å². The minimum absolute atomic E-state index is 0.556. The van der Waals surface area contributed by atoms with Crippen molar-refractivity contribution in [2.75, 3.05) is 0 Å². The van der Waals surface area contributed by atoms with Crippen LogP contribution in [0.3, 0.4) is 0 Å². The van der Waals surface area contributed by atoms with Gasteiger partial charge < -0.3 is 0 Å². The quantitative estimate of drug-likeness (QED) is 0.536. The zero-order chi connectivity index (χ0) is 8.85. The first-order chi connectivity index (χ1) is 5.17. The summed E-state index contributed by atoms with van der Waals surface area (Å²) in [5.41, 5.74) is 2.64. The molecule has 0 aromatic rings. The van der Waals surface area contributed by atoms with Crippen molar-refractivity contribution >= 4 is 0 Å². The number of hydrogen-bond acceptors (Lipinski definition) is 0. The molecule has 62 valence electrons. The molecule has 0 radical (unpaired) electrons. The van der Waals surface area contributed by atoms with Crippen LogP contribution in [0.5, 0.6) is 0 Å². The molecule has 0 amide bonds. The third-order valence-electron chi connectivity index (χ3n) is 1.84. The van der Waals surface area contributed by atoms with E-state index in [9.17, 15) is 0 Å². The summed E-state index contributed by atoms with van der Waals surface area (Å²) in [5.74, 6) is 0.556. The Balaban J connectivity index is 4.76. The lowest BCUT2D eigenvalue weighted by atomic mass is 9.96.